The van der Waals surface area contributed by atoms with Gasteiger partial charge in [-0.2, -0.15) is 0 Å². The third-order valence-electron chi connectivity index (χ3n) is 5.49. The second-order valence-corrected chi connectivity index (χ2v) is 7.33. The minimum absolute atomic E-state index is 0. The molecule has 0 atom stereocenters. The molecule has 1 aliphatic rings. The Hall–Kier alpha value is -2.65. The van der Waals surface area contributed by atoms with E-state index in [4.69, 9.17) is 5.73 Å². The molecule has 0 fully saturated rings. The molecule has 3 aromatic rings. The van der Waals surface area contributed by atoms with Gasteiger partial charge in [-0.15, -0.1) is 12.4 Å². The van der Waals surface area contributed by atoms with E-state index in [1.165, 1.54) is 11.1 Å². The van der Waals surface area contributed by atoms with Gasteiger partial charge in [0.2, 0.25) is 5.91 Å². The summed E-state index contributed by atoms with van der Waals surface area (Å²) < 4.78 is 14.6. The Labute approximate surface area is 171 Å². The van der Waals surface area contributed by atoms with E-state index in [1.807, 2.05) is 18.2 Å². The number of carbonyl (C=O) groups is 1. The number of primary amides is 1. The van der Waals surface area contributed by atoms with Crippen LogP contribution >= 0.6 is 12.4 Å². The molecule has 0 saturated carbocycles. The van der Waals surface area contributed by atoms with E-state index in [0.29, 0.717) is 11.5 Å². The average molecular weight is 396 g/mol. The maximum absolute atomic E-state index is 14.6. The first kappa shape index (κ1) is 20.1. The number of benzene rings is 3. The summed E-state index contributed by atoms with van der Waals surface area (Å²) in [7, 11) is 0. The van der Waals surface area contributed by atoms with E-state index < -0.39 is 5.91 Å². The predicted octanol–water partition coefficient (Wildman–Crippen LogP) is 5.36. The first-order chi connectivity index (χ1) is 13.1. The highest BCUT2D eigenvalue weighted by atomic mass is 35.5. The lowest BCUT2D eigenvalue weighted by molar-refractivity contribution is 0.100. The van der Waals surface area contributed by atoms with Crippen molar-refractivity contribution in [2.75, 3.05) is 0 Å². The molecule has 28 heavy (non-hydrogen) atoms. The lowest BCUT2D eigenvalue weighted by atomic mass is 9.95. The molecule has 0 aliphatic heterocycles. The first-order valence-corrected chi connectivity index (χ1v) is 9.35. The molecule has 0 aromatic heterocycles. The largest absolute Gasteiger partial charge is 0.366 e. The predicted molar refractivity (Wildman–Crippen MR) is 113 cm³/mol. The van der Waals surface area contributed by atoms with Crippen LogP contribution in [0.3, 0.4) is 0 Å². The standard InChI is InChI=1S/C24H22FNO.ClH/c25-23-15-21(20-6-3-7-22(14-20)24(26)27)11-10-17(23)9-8-16-12-18-4-1-2-5-19(18)13-16;/h1-7,10-11,14-16H,8-9,12-13H2,(H2,26,27);1H. The van der Waals surface area contributed by atoms with Gasteiger partial charge in [0.25, 0.3) is 0 Å². The van der Waals surface area contributed by atoms with Gasteiger partial charge in [-0.3, -0.25) is 4.79 Å². The van der Waals surface area contributed by atoms with Crippen molar-refractivity contribution in [3.05, 3.63) is 94.8 Å². The molecular formula is C24H23ClFNO. The van der Waals surface area contributed by atoms with E-state index in [-0.39, 0.29) is 18.2 Å². The summed E-state index contributed by atoms with van der Waals surface area (Å²) >= 11 is 0. The van der Waals surface area contributed by atoms with Crippen molar-refractivity contribution in [1.29, 1.82) is 0 Å². The van der Waals surface area contributed by atoms with Gasteiger partial charge in [-0.05, 0) is 77.6 Å². The van der Waals surface area contributed by atoms with Gasteiger partial charge in [-0.25, -0.2) is 4.39 Å². The number of rotatable bonds is 5. The quantitative estimate of drug-likeness (QED) is 0.620. The molecule has 0 unspecified atom stereocenters. The van der Waals surface area contributed by atoms with E-state index >= 15 is 0 Å². The van der Waals surface area contributed by atoms with Gasteiger partial charge in [0.05, 0.1) is 0 Å². The molecule has 4 rings (SSSR count). The van der Waals surface area contributed by atoms with Gasteiger partial charge >= 0.3 is 0 Å². The topological polar surface area (TPSA) is 43.1 Å². The second kappa shape index (κ2) is 8.57. The smallest absolute Gasteiger partial charge is 0.248 e. The molecular weight excluding hydrogens is 373 g/mol. The zero-order valence-electron chi connectivity index (χ0n) is 15.5. The SMILES string of the molecule is Cl.NC(=O)c1cccc(-c2ccc(CCC3Cc4ccccc4C3)c(F)c2)c1. The minimum atomic E-state index is -0.480. The van der Waals surface area contributed by atoms with Crippen molar-refractivity contribution in [3.8, 4) is 11.1 Å². The molecule has 0 bridgehead atoms. The fraction of sp³-hybridized carbons (Fsp3) is 0.208. The van der Waals surface area contributed by atoms with Crippen LogP contribution in [0, 0.1) is 11.7 Å². The van der Waals surface area contributed by atoms with Crippen LogP contribution < -0.4 is 5.73 Å². The number of aryl methyl sites for hydroxylation is 1. The Morgan fingerprint density at radius 1 is 0.929 bits per heavy atom. The maximum atomic E-state index is 14.6. The fourth-order valence-electron chi connectivity index (χ4n) is 4.00. The third-order valence-corrected chi connectivity index (χ3v) is 5.49. The van der Waals surface area contributed by atoms with Gasteiger partial charge in [-0.1, -0.05) is 48.5 Å². The number of carbonyl (C=O) groups excluding carboxylic acids is 1. The molecule has 0 radical (unpaired) electrons. The van der Waals surface area contributed by atoms with E-state index in [9.17, 15) is 9.18 Å². The van der Waals surface area contributed by atoms with E-state index in [0.717, 1.165) is 42.4 Å². The summed E-state index contributed by atoms with van der Waals surface area (Å²) in [6, 6.07) is 20.9. The Balaban J connectivity index is 0.00000225. The third kappa shape index (κ3) is 4.26. The van der Waals surface area contributed by atoms with Crippen LogP contribution in [0.5, 0.6) is 0 Å². The normalized spacial score (nSPS) is 13.0. The van der Waals surface area contributed by atoms with Crippen LogP contribution in [0.25, 0.3) is 11.1 Å². The average Bonchev–Trinajstić information content (AvgIpc) is 3.10. The molecule has 0 heterocycles. The number of fused-ring (bicyclic) bond motifs is 1. The van der Waals surface area contributed by atoms with Crippen molar-refractivity contribution >= 4 is 18.3 Å². The van der Waals surface area contributed by atoms with Crippen LogP contribution in [0.1, 0.15) is 33.5 Å². The zero-order valence-corrected chi connectivity index (χ0v) is 16.3. The fourth-order valence-corrected chi connectivity index (χ4v) is 4.00. The summed E-state index contributed by atoms with van der Waals surface area (Å²) in [5, 5.41) is 0. The molecule has 1 amide bonds. The van der Waals surface area contributed by atoms with Crippen LogP contribution in [0.2, 0.25) is 0 Å². The Morgan fingerprint density at radius 3 is 2.25 bits per heavy atom. The molecule has 2 nitrogen and oxygen atoms in total. The van der Waals surface area contributed by atoms with E-state index in [1.54, 1.807) is 24.3 Å². The Morgan fingerprint density at radius 2 is 1.61 bits per heavy atom. The molecule has 1 aliphatic carbocycles. The van der Waals surface area contributed by atoms with Crippen LogP contribution in [-0.2, 0) is 19.3 Å². The highest BCUT2D eigenvalue weighted by Gasteiger charge is 2.21. The molecule has 4 heteroatoms. The van der Waals surface area contributed by atoms with E-state index in [2.05, 4.69) is 24.3 Å². The monoisotopic (exact) mass is 395 g/mol. The maximum Gasteiger partial charge on any atom is 0.248 e. The summed E-state index contributed by atoms with van der Waals surface area (Å²) in [6.45, 7) is 0. The molecule has 2 N–H and O–H groups in total. The molecule has 0 spiro atoms. The molecule has 3 aromatic carbocycles. The van der Waals surface area contributed by atoms with Crippen molar-refractivity contribution < 1.29 is 9.18 Å². The number of nitrogens with two attached hydrogens (primary N) is 1. The lowest BCUT2D eigenvalue weighted by Gasteiger charge is -2.11. The first-order valence-electron chi connectivity index (χ1n) is 9.35. The van der Waals surface area contributed by atoms with Crippen molar-refractivity contribution in [2.24, 2.45) is 11.7 Å². The van der Waals surface area contributed by atoms with Crippen LogP contribution in [0.15, 0.2) is 66.7 Å². The zero-order chi connectivity index (χ0) is 18.8. The highest BCUT2D eigenvalue weighted by molar-refractivity contribution is 5.94. The highest BCUT2D eigenvalue weighted by Crippen LogP contribution is 2.30. The van der Waals surface area contributed by atoms with Crippen LogP contribution in [0.4, 0.5) is 4.39 Å². The second-order valence-electron chi connectivity index (χ2n) is 7.33. The molecule has 0 saturated heterocycles. The Kier molecular flexibility index (Phi) is 6.15. The number of amides is 1. The molecule has 144 valence electrons. The summed E-state index contributed by atoms with van der Waals surface area (Å²) in [4.78, 5) is 11.3. The van der Waals surface area contributed by atoms with Crippen molar-refractivity contribution in [1.82, 2.24) is 0 Å². The van der Waals surface area contributed by atoms with Crippen LogP contribution in [-0.4, -0.2) is 5.91 Å². The van der Waals surface area contributed by atoms with Crippen molar-refractivity contribution in [3.63, 3.8) is 0 Å². The number of halogens is 2. The van der Waals surface area contributed by atoms with Crippen molar-refractivity contribution in [2.45, 2.75) is 25.7 Å². The number of hydrogen-bond acceptors (Lipinski definition) is 1. The summed E-state index contributed by atoms with van der Waals surface area (Å²) in [5.74, 6) is -0.0762. The van der Waals surface area contributed by atoms with Gasteiger partial charge < -0.3 is 5.73 Å². The lowest BCUT2D eigenvalue weighted by Crippen LogP contribution is -2.10. The summed E-state index contributed by atoms with van der Waals surface area (Å²) in [6.07, 6.45) is 3.92. The summed E-state index contributed by atoms with van der Waals surface area (Å²) in [5.41, 5.74) is 10.9. The minimum Gasteiger partial charge on any atom is -0.366 e. The Bertz CT molecular complexity index is 976. The van der Waals surface area contributed by atoms with Gasteiger partial charge in [0, 0.05) is 5.56 Å². The van der Waals surface area contributed by atoms with Gasteiger partial charge in [0.1, 0.15) is 5.82 Å². The number of hydrogen-bond donors (Lipinski definition) is 1. The van der Waals surface area contributed by atoms with Gasteiger partial charge in [0.15, 0.2) is 0 Å².